The van der Waals surface area contributed by atoms with Crippen molar-refractivity contribution >= 4 is 44.8 Å². The van der Waals surface area contributed by atoms with Crippen LogP contribution >= 0.6 is 34.8 Å². The minimum absolute atomic E-state index is 0.0207. The Morgan fingerprint density at radius 3 is 2.28 bits per heavy atom. The maximum Gasteiger partial charge on any atom is 0.244 e. The molecule has 0 bridgehead atoms. The number of benzene rings is 2. The fraction of sp³-hybridized carbons (Fsp3) is 0.0667. The third-order valence-electron chi connectivity index (χ3n) is 3.17. The first-order valence-electron chi connectivity index (χ1n) is 6.89. The molecule has 0 spiro atoms. The van der Waals surface area contributed by atoms with E-state index < -0.39 is 10.0 Å². The highest BCUT2D eigenvalue weighted by Crippen LogP contribution is 2.28. The molecular formula is C15H10Cl3N3O3S. The van der Waals surface area contributed by atoms with Crippen LogP contribution in [0, 0.1) is 0 Å². The van der Waals surface area contributed by atoms with E-state index in [-0.39, 0.29) is 27.4 Å². The van der Waals surface area contributed by atoms with Gasteiger partial charge < -0.3 is 4.52 Å². The highest BCUT2D eigenvalue weighted by atomic mass is 35.5. The molecule has 0 fully saturated rings. The summed E-state index contributed by atoms with van der Waals surface area (Å²) in [6, 6.07) is 11.3. The predicted octanol–water partition coefficient (Wildman–Crippen LogP) is 4.18. The topological polar surface area (TPSA) is 85.1 Å². The highest BCUT2D eigenvalue weighted by Gasteiger charge is 2.22. The summed E-state index contributed by atoms with van der Waals surface area (Å²) in [5.74, 6) is 0.415. The van der Waals surface area contributed by atoms with Crippen LogP contribution in [0.1, 0.15) is 5.89 Å². The number of halogens is 3. The van der Waals surface area contributed by atoms with Crippen molar-refractivity contribution in [3.63, 3.8) is 0 Å². The van der Waals surface area contributed by atoms with Crippen LogP contribution in [0.3, 0.4) is 0 Å². The number of nitrogens with zero attached hydrogens (tertiary/aromatic N) is 2. The fourth-order valence-corrected chi connectivity index (χ4v) is 4.25. The molecular weight excluding hydrogens is 409 g/mol. The van der Waals surface area contributed by atoms with Crippen molar-refractivity contribution in [1.29, 1.82) is 0 Å². The first-order chi connectivity index (χ1) is 11.9. The van der Waals surface area contributed by atoms with Crippen molar-refractivity contribution in [2.24, 2.45) is 0 Å². The quantitative estimate of drug-likeness (QED) is 0.672. The average Bonchev–Trinajstić information content (AvgIpc) is 3.02. The van der Waals surface area contributed by atoms with Gasteiger partial charge in [0.25, 0.3) is 0 Å². The Bertz CT molecular complexity index is 984. The normalized spacial score (nSPS) is 11.6. The zero-order valence-corrected chi connectivity index (χ0v) is 15.5. The monoisotopic (exact) mass is 417 g/mol. The number of hydrogen-bond acceptors (Lipinski definition) is 5. The molecule has 10 heteroatoms. The Labute approximate surface area is 158 Å². The summed E-state index contributed by atoms with van der Waals surface area (Å²) in [4.78, 5) is 3.94. The number of sulfonamides is 1. The summed E-state index contributed by atoms with van der Waals surface area (Å²) in [5.41, 5.74) is 0.691. The smallest absolute Gasteiger partial charge is 0.244 e. The third-order valence-corrected chi connectivity index (χ3v) is 5.78. The van der Waals surface area contributed by atoms with E-state index in [1.165, 1.54) is 12.1 Å². The lowest BCUT2D eigenvalue weighted by Crippen LogP contribution is -2.24. The Balaban J connectivity index is 1.77. The van der Waals surface area contributed by atoms with Crippen molar-refractivity contribution in [2.45, 2.75) is 11.4 Å². The molecule has 0 amide bonds. The fourth-order valence-electron chi connectivity index (χ4n) is 2.01. The van der Waals surface area contributed by atoms with Crippen molar-refractivity contribution < 1.29 is 12.9 Å². The molecule has 130 valence electrons. The van der Waals surface area contributed by atoms with E-state index >= 15 is 0 Å². The second kappa shape index (κ2) is 7.31. The van der Waals surface area contributed by atoms with Crippen LogP contribution in [0.25, 0.3) is 11.4 Å². The van der Waals surface area contributed by atoms with Gasteiger partial charge in [0.05, 0.1) is 16.6 Å². The molecule has 0 unspecified atom stereocenters. The minimum atomic E-state index is -3.94. The third kappa shape index (κ3) is 4.13. The molecule has 0 aliphatic rings. The zero-order chi connectivity index (χ0) is 18.0. The highest BCUT2D eigenvalue weighted by molar-refractivity contribution is 7.89. The Hall–Kier alpha value is -1.64. The van der Waals surface area contributed by atoms with E-state index in [1.54, 1.807) is 30.3 Å². The molecule has 0 aliphatic carbocycles. The average molecular weight is 419 g/mol. The van der Waals surface area contributed by atoms with Crippen molar-refractivity contribution in [1.82, 2.24) is 14.9 Å². The molecule has 1 heterocycles. The zero-order valence-electron chi connectivity index (χ0n) is 12.4. The molecule has 0 saturated carbocycles. The van der Waals surface area contributed by atoms with E-state index in [0.717, 1.165) is 0 Å². The molecule has 3 rings (SSSR count). The van der Waals surface area contributed by atoms with Crippen molar-refractivity contribution in [2.75, 3.05) is 0 Å². The van der Waals surface area contributed by atoms with Gasteiger partial charge in [0, 0.05) is 10.6 Å². The molecule has 0 saturated heterocycles. The van der Waals surface area contributed by atoms with Gasteiger partial charge in [0.1, 0.15) is 4.90 Å². The van der Waals surface area contributed by atoms with Crippen LogP contribution in [0.15, 0.2) is 51.9 Å². The number of aromatic nitrogens is 2. The summed E-state index contributed by atoms with van der Waals surface area (Å²) in [5, 5.41) is 4.43. The summed E-state index contributed by atoms with van der Waals surface area (Å²) in [6.45, 7) is -0.204. The molecule has 0 atom stereocenters. The second-order valence-electron chi connectivity index (χ2n) is 4.89. The van der Waals surface area contributed by atoms with E-state index in [0.29, 0.717) is 16.4 Å². The lowest BCUT2D eigenvalue weighted by Gasteiger charge is -2.08. The molecule has 1 aromatic heterocycles. The van der Waals surface area contributed by atoms with Gasteiger partial charge >= 0.3 is 0 Å². The SMILES string of the molecule is O=S(=O)(NCc1nc(-c2ccc(Cl)cc2)no1)c1c(Cl)cccc1Cl. The van der Waals surface area contributed by atoms with E-state index in [1.807, 2.05) is 0 Å². The van der Waals surface area contributed by atoms with E-state index in [4.69, 9.17) is 39.3 Å². The molecule has 25 heavy (non-hydrogen) atoms. The first-order valence-corrected chi connectivity index (χ1v) is 9.51. The van der Waals surface area contributed by atoms with Gasteiger partial charge in [0.15, 0.2) is 0 Å². The van der Waals surface area contributed by atoms with Crippen LogP contribution in [0.2, 0.25) is 15.1 Å². The summed E-state index contributed by atoms with van der Waals surface area (Å²) in [7, 11) is -3.94. The molecule has 6 nitrogen and oxygen atoms in total. The van der Waals surface area contributed by atoms with Gasteiger partial charge in [0.2, 0.25) is 21.7 Å². The Morgan fingerprint density at radius 2 is 1.64 bits per heavy atom. The summed E-state index contributed by atoms with van der Waals surface area (Å²) < 4.78 is 32.1. The van der Waals surface area contributed by atoms with Gasteiger partial charge in [-0.25, -0.2) is 13.1 Å². The van der Waals surface area contributed by atoms with Crippen LogP contribution < -0.4 is 4.72 Å². The summed E-state index contributed by atoms with van der Waals surface area (Å²) >= 11 is 17.7. The maximum absolute atomic E-state index is 12.4. The van der Waals surface area contributed by atoms with Crippen LogP contribution in [0.4, 0.5) is 0 Å². The standard InChI is InChI=1S/C15H10Cl3N3O3S/c16-10-6-4-9(5-7-10)15-20-13(24-21-15)8-19-25(22,23)14-11(17)2-1-3-12(14)18/h1-7,19H,8H2. The number of nitrogens with one attached hydrogen (secondary N) is 1. The lowest BCUT2D eigenvalue weighted by atomic mass is 10.2. The second-order valence-corrected chi connectivity index (χ2v) is 7.85. The Morgan fingerprint density at radius 1 is 1.00 bits per heavy atom. The van der Waals surface area contributed by atoms with Gasteiger partial charge in [-0.15, -0.1) is 0 Å². The lowest BCUT2D eigenvalue weighted by molar-refractivity contribution is 0.376. The number of hydrogen-bond donors (Lipinski definition) is 1. The largest absolute Gasteiger partial charge is 0.338 e. The van der Waals surface area contributed by atoms with Crippen LogP contribution in [0.5, 0.6) is 0 Å². The van der Waals surface area contributed by atoms with E-state index in [9.17, 15) is 8.42 Å². The maximum atomic E-state index is 12.4. The predicted molar refractivity (Wildman–Crippen MR) is 95.2 cm³/mol. The molecule has 0 aliphatic heterocycles. The molecule has 3 aromatic rings. The summed E-state index contributed by atoms with van der Waals surface area (Å²) in [6.07, 6.45) is 0. The molecule has 1 N–H and O–H groups in total. The minimum Gasteiger partial charge on any atom is -0.338 e. The van der Waals surface area contributed by atoms with Crippen LogP contribution in [-0.2, 0) is 16.6 Å². The number of rotatable bonds is 5. The first kappa shape index (κ1) is 18.2. The Kier molecular flexibility index (Phi) is 5.31. The van der Waals surface area contributed by atoms with Crippen molar-refractivity contribution in [3.8, 4) is 11.4 Å². The van der Waals surface area contributed by atoms with Gasteiger partial charge in [-0.1, -0.05) is 46.0 Å². The van der Waals surface area contributed by atoms with E-state index in [2.05, 4.69) is 14.9 Å². The van der Waals surface area contributed by atoms with Crippen LogP contribution in [-0.4, -0.2) is 18.6 Å². The van der Waals surface area contributed by atoms with Gasteiger partial charge in [-0.3, -0.25) is 0 Å². The molecule has 2 aromatic carbocycles. The van der Waals surface area contributed by atoms with Gasteiger partial charge in [-0.05, 0) is 36.4 Å². The van der Waals surface area contributed by atoms with Crippen molar-refractivity contribution in [3.05, 3.63) is 63.4 Å². The molecule has 0 radical (unpaired) electrons. The van der Waals surface area contributed by atoms with Gasteiger partial charge in [-0.2, -0.15) is 4.98 Å².